The zero-order chi connectivity index (χ0) is 13.8. The minimum atomic E-state index is -0.877. The maximum atomic E-state index is 11.8. The van der Waals surface area contributed by atoms with E-state index < -0.39 is 6.10 Å². The van der Waals surface area contributed by atoms with Gasteiger partial charge in [-0.25, -0.2) is 0 Å². The van der Waals surface area contributed by atoms with Gasteiger partial charge in [0.2, 0.25) is 5.91 Å². The predicted octanol–water partition coefficient (Wildman–Crippen LogP) is 3.48. The lowest BCUT2D eigenvalue weighted by atomic mass is 10.1. The van der Waals surface area contributed by atoms with Gasteiger partial charge in [-0.3, -0.25) is 4.79 Å². The summed E-state index contributed by atoms with van der Waals surface area (Å²) in [7, 11) is 0. The van der Waals surface area contributed by atoms with E-state index in [0.29, 0.717) is 15.6 Å². The molecule has 1 aliphatic carbocycles. The van der Waals surface area contributed by atoms with Crippen LogP contribution in [0.1, 0.15) is 43.8 Å². The van der Waals surface area contributed by atoms with Crippen molar-refractivity contribution >= 4 is 29.1 Å². The summed E-state index contributed by atoms with van der Waals surface area (Å²) in [4.78, 5) is 11.8. The van der Waals surface area contributed by atoms with E-state index in [2.05, 4.69) is 5.32 Å². The Morgan fingerprint density at radius 3 is 2.42 bits per heavy atom. The van der Waals surface area contributed by atoms with Gasteiger partial charge in [0.15, 0.2) is 0 Å². The van der Waals surface area contributed by atoms with Crippen LogP contribution in [0.4, 0.5) is 0 Å². The number of benzene rings is 1. The number of aliphatic hydroxyl groups is 1. The summed E-state index contributed by atoms with van der Waals surface area (Å²) < 4.78 is 0. The third-order valence-electron chi connectivity index (χ3n) is 3.37. The van der Waals surface area contributed by atoms with Crippen molar-refractivity contribution < 1.29 is 9.90 Å². The topological polar surface area (TPSA) is 49.3 Å². The fourth-order valence-electron chi connectivity index (χ4n) is 2.42. The second kappa shape index (κ2) is 6.60. The maximum Gasteiger partial charge on any atom is 0.223 e. The SMILES string of the molecule is O=C(CC(O)c1cc(Cl)cc(Cl)c1)NC1CCCC1. The molecule has 104 valence electrons. The summed E-state index contributed by atoms with van der Waals surface area (Å²) in [5.74, 6) is -0.129. The van der Waals surface area contributed by atoms with Gasteiger partial charge in [-0.2, -0.15) is 0 Å². The lowest BCUT2D eigenvalue weighted by molar-refractivity contribution is -0.123. The molecule has 1 aromatic rings. The number of nitrogens with one attached hydrogen (secondary N) is 1. The summed E-state index contributed by atoms with van der Waals surface area (Å²) in [6, 6.07) is 5.11. The third-order valence-corrected chi connectivity index (χ3v) is 3.81. The Morgan fingerprint density at radius 1 is 1.26 bits per heavy atom. The second-order valence-electron chi connectivity index (χ2n) is 4.97. The molecule has 1 aliphatic rings. The number of aliphatic hydroxyl groups excluding tert-OH is 1. The van der Waals surface area contributed by atoms with Gasteiger partial charge in [0, 0.05) is 16.1 Å². The Kier molecular flexibility index (Phi) is 5.08. The summed E-state index contributed by atoms with van der Waals surface area (Å²) in [5, 5.41) is 13.9. The first kappa shape index (κ1) is 14.6. The molecule has 0 radical (unpaired) electrons. The molecule has 0 bridgehead atoms. The van der Waals surface area contributed by atoms with E-state index in [4.69, 9.17) is 23.2 Å². The summed E-state index contributed by atoms with van der Waals surface area (Å²) in [6.07, 6.45) is 3.55. The highest BCUT2D eigenvalue weighted by molar-refractivity contribution is 6.34. The molecule has 0 aromatic heterocycles. The lowest BCUT2D eigenvalue weighted by Gasteiger charge is -2.15. The van der Waals surface area contributed by atoms with Gasteiger partial charge in [0.05, 0.1) is 12.5 Å². The van der Waals surface area contributed by atoms with Gasteiger partial charge >= 0.3 is 0 Å². The van der Waals surface area contributed by atoms with Gasteiger partial charge in [-0.15, -0.1) is 0 Å². The largest absolute Gasteiger partial charge is 0.388 e. The van der Waals surface area contributed by atoms with E-state index in [1.807, 2.05) is 0 Å². The van der Waals surface area contributed by atoms with Crippen molar-refractivity contribution in [3.8, 4) is 0 Å². The first-order valence-corrected chi connectivity index (χ1v) is 7.23. The normalized spacial score (nSPS) is 17.4. The fraction of sp³-hybridized carbons (Fsp3) is 0.500. The van der Waals surface area contributed by atoms with Crippen LogP contribution in [0.5, 0.6) is 0 Å². The highest BCUT2D eigenvalue weighted by Crippen LogP contribution is 2.25. The zero-order valence-electron chi connectivity index (χ0n) is 10.5. The molecule has 0 saturated heterocycles. The Morgan fingerprint density at radius 2 is 1.84 bits per heavy atom. The Labute approximate surface area is 122 Å². The predicted molar refractivity (Wildman–Crippen MR) is 76.4 cm³/mol. The maximum absolute atomic E-state index is 11.8. The van der Waals surface area contributed by atoms with Crippen LogP contribution in [0.3, 0.4) is 0 Å². The number of halogens is 2. The number of amides is 1. The molecular formula is C14H17Cl2NO2. The standard InChI is InChI=1S/C14H17Cl2NO2/c15-10-5-9(6-11(16)7-10)13(18)8-14(19)17-12-3-1-2-4-12/h5-7,12-13,18H,1-4,8H2,(H,17,19). The average Bonchev–Trinajstić information content (AvgIpc) is 2.80. The smallest absolute Gasteiger partial charge is 0.223 e. The van der Waals surface area contributed by atoms with Crippen LogP contribution < -0.4 is 5.32 Å². The second-order valence-corrected chi connectivity index (χ2v) is 5.84. The van der Waals surface area contributed by atoms with Gasteiger partial charge in [-0.1, -0.05) is 36.0 Å². The number of carbonyl (C=O) groups is 1. The van der Waals surface area contributed by atoms with Crippen LogP contribution in [-0.2, 0) is 4.79 Å². The van der Waals surface area contributed by atoms with Crippen LogP contribution in [0, 0.1) is 0 Å². The first-order valence-electron chi connectivity index (χ1n) is 6.48. The van der Waals surface area contributed by atoms with E-state index in [-0.39, 0.29) is 18.4 Å². The van der Waals surface area contributed by atoms with Crippen LogP contribution in [0.15, 0.2) is 18.2 Å². The third kappa shape index (κ3) is 4.37. The monoisotopic (exact) mass is 301 g/mol. The first-order chi connectivity index (χ1) is 9.04. The Balaban J connectivity index is 1.92. The molecule has 1 amide bonds. The molecule has 2 N–H and O–H groups in total. The van der Waals surface area contributed by atoms with E-state index in [1.54, 1.807) is 18.2 Å². The van der Waals surface area contributed by atoms with Crippen LogP contribution >= 0.6 is 23.2 Å². The molecule has 19 heavy (non-hydrogen) atoms. The quantitative estimate of drug-likeness (QED) is 0.894. The molecule has 0 heterocycles. The van der Waals surface area contributed by atoms with Gasteiger partial charge in [-0.05, 0) is 36.6 Å². The van der Waals surface area contributed by atoms with Crippen LogP contribution in [0.25, 0.3) is 0 Å². The molecule has 1 atom stereocenters. The zero-order valence-corrected chi connectivity index (χ0v) is 12.0. The number of carbonyl (C=O) groups excluding carboxylic acids is 1. The Hall–Kier alpha value is -0.770. The van der Waals surface area contributed by atoms with Crippen molar-refractivity contribution in [3.63, 3.8) is 0 Å². The highest BCUT2D eigenvalue weighted by atomic mass is 35.5. The number of hydrogen-bond donors (Lipinski definition) is 2. The molecule has 5 heteroatoms. The lowest BCUT2D eigenvalue weighted by Crippen LogP contribution is -2.33. The van der Waals surface area contributed by atoms with Crippen LogP contribution in [-0.4, -0.2) is 17.1 Å². The number of rotatable bonds is 4. The molecule has 1 fully saturated rings. The van der Waals surface area contributed by atoms with E-state index in [9.17, 15) is 9.90 Å². The molecule has 1 unspecified atom stereocenters. The van der Waals surface area contributed by atoms with Crippen molar-refractivity contribution in [1.29, 1.82) is 0 Å². The van der Waals surface area contributed by atoms with E-state index in [0.717, 1.165) is 25.7 Å². The molecule has 1 saturated carbocycles. The average molecular weight is 302 g/mol. The summed E-state index contributed by atoms with van der Waals surface area (Å²) in [5.41, 5.74) is 0.569. The van der Waals surface area contributed by atoms with Crippen LogP contribution in [0.2, 0.25) is 10.0 Å². The molecule has 0 spiro atoms. The van der Waals surface area contributed by atoms with Crippen molar-refractivity contribution in [2.75, 3.05) is 0 Å². The minimum absolute atomic E-state index is 0.0349. The van der Waals surface area contributed by atoms with E-state index in [1.165, 1.54) is 0 Å². The fourth-order valence-corrected chi connectivity index (χ4v) is 2.96. The molecule has 0 aliphatic heterocycles. The Bertz CT molecular complexity index is 439. The summed E-state index contributed by atoms with van der Waals surface area (Å²) in [6.45, 7) is 0. The van der Waals surface area contributed by atoms with Gasteiger partial charge in [0.25, 0.3) is 0 Å². The van der Waals surface area contributed by atoms with Gasteiger partial charge in [0.1, 0.15) is 0 Å². The van der Waals surface area contributed by atoms with Crippen molar-refractivity contribution in [2.24, 2.45) is 0 Å². The molecular weight excluding hydrogens is 285 g/mol. The highest BCUT2D eigenvalue weighted by Gasteiger charge is 2.19. The molecule has 3 nitrogen and oxygen atoms in total. The van der Waals surface area contributed by atoms with Gasteiger partial charge < -0.3 is 10.4 Å². The van der Waals surface area contributed by atoms with Crippen molar-refractivity contribution in [1.82, 2.24) is 5.32 Å². The van der Waals surface area contributed by atoms with Crippen molar-refractivity contribution in [2.45, 2.75) is 44.2 Å². The number of hydrogen-bond acceptors (Lipinski definition) is 2. The molecule has 1 aromatic carbocycles. The minimum Gasteiger partial charge on any atom is -0.388 e. The molecule has 2 rings (SSSR count). The summed E-state index contributed by atoms with van der Waals surface area (Å²) >= 11 is 11.7. The van der Waals surface area contributed by atoms with E-state index >= 15 is 0 Å². The van der Waals surface area contributed by atoms with Crippen molar-refractivity contribution in [3.05, 3.63) is 33.8 Å².